The summed E-state index contributed by atoms with van der Waals surface area (Å²) in [6.07, 6.45) is 9.42. The van der Waals surface area contributed by atoms with Crippen molar-refractivity contribution in [1.29, 1.82) is 0 Å². The van der Waals surface area contributed by atoms with Crippen LogP contribution in [0.15, 0.2) is 35.5 Å². The van der Waals surface area contributed by atoms with Crippen LogP contribution in [0, 0.1) is 0 Å². The first-order valence-electron chi connectivity index (χ1n) is 5.05. The third-order valence-corrected chi connectivity index (χ3v) is 4.54. The predicted octanol–water partition coefficient (Wildman–Crippen LogP) is 3.52. The number of rotatable bonds is 5. The van der Waals surface area contributed by atoms with Crippen molar-refractivity contribution in [3.05, 3.63) is 35.5 Å². The highest BCUT2D eigenvalue weighted by atomic mass is 32.3. The van der Waals surface area contributed by atoms with Crippen molar-refractivity contribution < 1.29 is 25.8 Å². The molecule has 0 rings (SSSR count). The molecule has 3 nitrogen and oxygen atoms in total. The summed E-state index contributed by atoms with van der Waals surface area (Å²) in [5, 5.41) is 0. The first kappa shape index (κ1) is 18.1. The molecule has 0 aromatic heterocycles. The van der Waals surface area contributed by atoms with E-state index in [2.05, 4.69) is 10.8 Å². The third kappa shape index (κ3) is 4.94. The standard InChI is InChI=1S/C11H17F3O3S2/c1-6-8-10(18(3,4)5)9(7-2)17-19(15,16)11(12,13)14/h6-8H,1H2,2-5H3/b9-7+,10-8+. The molecule has 0 aromatic carbocycles. The zero-order valence-electron chi connectivity index (χ0n) is 11.1. The van der Waals surface area contributed by atoms with Crippen molar-refractivity contribution in [3.63, 3.8) is 0 Å². The van der Waals surface area contributed by atoms with E-state index in [0.29, 0.717) is 4.91 Å². The molecule has 0 aliphatic carbocycles. The zero-order chi connectivity index (χ0) is 15.5. The van der Waals surface area contributed by atoms with E-state index in [4.69, 9.17) is 0 Å². The maximum Gasteiger partial charge on any atom is 0.534 e. The number of hydrogen-bond donors (Lipinski definition) is 0. The van der Waals surface area contributed by atoms with E-state index in [1.165, 1.54) is 25.2 Å². The molecule has 0 spiro atoms. The van der Waals surface area contributed by atoms with Crippen LogP contribution in [0.2, 0.25) is 0 Å². The molecule has 0 aliphatic rings. The van der Waals surface area contributed by atoms with Crippen LogP contribution in [0.3, 0.4) is 0 Å². The highest BCUT2D eigenvalue weighted by Crippen LogP contribution is 2.49. The molecule has 0 fully saturated rings. The molecule has 0 atom stereocenters. The van der Waals surface area contributed by atoms with Gasteiger partial charge in [0, 0.05) is 4.91 Å². The van der Waals surface area contributed by atoms with Gasteiger partial charge in [0.2, 0.25) is 0 Å². The topological polar surface area (TPSA) is 43.4 Å². The molecule has 8 heteroatoms. The molecule has 112 valence electrons. The fourth-order valence-corrected chi connectivity index (χ4v) is 2.93. The highest BCUT2D eigenvalue weighted by Gasteiger charge is 2.49. The van der Waals surface area contributed by atoms with Gasteiger partial charge >= 0.3 is 15.6 Å². The van der Waals surface area contributed by atoms with Gasteiger partial charge in [-0.25, -0.2) is 10.0 Å². The van der Waals surface area contributed by atoms with E-state index in [1.54, 1.807) is 18.8 Å². The lowest BCUT2D eigenvalue weighted by atomic mass is 10.4. The molecule has 0 saturated heterocycles. The third-order valence-electron chi connectivity index (χ3n) is 1.92. The number of allylic oxidation sites excluding steroid dienone is 3. The van der Waals surface area contributed by atoms with Gasteiger partial charge in [0.15, 0.2) is 5.76 Å². The average molecular weight is 318 g/mol. The number of alkyl halides is 3. The minimum absolute atomic E-state index is 0.320. The van der Waals surface area contributed by atoms with Gasteiger partial charge in [-0.05, 0) is 37.8 Å². The SMILES string of the molecule is C=C/C=C(\C(=C/C)OS(=O)(=O)C(F)(F)F)S(C)(C)C. The van der Waals surface area contributed by atoms with E-state index in [-0.39, 0.29) is 5.76 Å². The van der Waals surface area contributed by atoms with Gasteiger partial charge in [-0.1, -0.05) is 12.7 Å². The van der Waals surface area contributed by atoms with E-state index in [9.17, 15) is 21.6 Å². The average Bonchev–Trinajstić information content (AvgIpc) is 2.19. The Morgan fingerprint density at radius 2 is 1.68 bits per heavy atom. The Balaban J connectivity index is 5.62. The van der Waals surface area contributed by atoms with Gasteiger partial charge in [0.05, 0.1) is 0 Å². The van der Waals surface area contributed by atoms with Gasteiger partial charge in [-0.3, -0.25) is 0 Å². The van der Waals surface area contributed by atoms with Gasteiger partial charge in [-0.15, -0.1) is 0 Å². The Morgan fingerprint density at radius 3 is 1.95 bits per heavy atom. The van der Waals surface area contributed by atoms with Gasteiger partial charge in [-0.2, -0.15) is 21.6 Å². The highest BCUT2D eigenvalue weighted by molar-refractivity contribution is 8.35. The monoisotopic (exact) mass is 318 g/mol. The second kappa shape index (κ2) is 6.04. The molecule has 0 aromatic rings. The van der Waals surface area contributed by atoms with Gasteiger partial charge < -0.3 is 4.18 Å². The summed E-state index contributed by atoms with van der Waals surface area (Å²) in [5.74, 6) is -0.320. The molecule has 0 N–H and O–H groups in total. The smallest absolute Gasteiger partial charge is 0.375 e. The summed E-state index contributed by atoms with van der Waals surface area (Å²) >= 11 is 0. The Morgan fingerprint density at radius 1 is 1.21 bits per heavy atom. The van der Waals surface area contributed by atoms with Crippen molar-refractivity contribution in [2.45, 2.75) is 12.4 Å². The quantitative estimate of drug-likeness (QED) is 0.337. The zero-order valence-corrected chi connectivity index (χ0v) is 12.7. The minimum atomic E-state index is -5.66. The van der Waals surface area contributed by atoms with Crippen LogP contribution in [-0.2, 0) is 14.3 Å². The van der Waals surface area contributed by atoms with Crippen LogP contribution >= 0.6 is 10.0 Å². The first-order valence-corrected chi connectivity index (χ1v) is 9.32. The maximum atomic E-state index is 12.3. The van der Waals surface area contributed by atoms with E-state index < -0.39 is 25.7 Å². The van der Waals surface area contributed by atoms with Crippen molar-refractivity contribution >= 4 is 20.1 Å². The molecule has 19 heavy (non-hydrogen) atoms. The summed E-state index contributed by atoms with van der Waals surface area (Å²) in [7, 11) is -7.15. The largest absolute Gasteiger partial charge is 0.534 e. The van der Waals surface area contributed by atoms with E-state index in [0.717, 1.165) is 0 Å². The predicted molar refractivity (Wildman–Crippen MR) is 73.5 cm³/mol. The maximum absolute atomic E-state index is 12.3. The van der Waals surface area contributed by atoms with Crippen LogP contribution in [0.5, 0.6) is 0 Å². The van der Waals surface area contributed by atoms with Crippen LogP contribution in [0.25, 0.3) is 0 Å². The molecular formula is C11H17F3O3S2. The number of halogens is 3. The minimum Gasteiger partial charge on any atom is -0.375 e. The second-order valence-corrected chi connectivity index (χ2v) is 9.89. The molecule has 0 unspecified atom stereocenters. The summed E-state index contributed by atoms with van der Waals surface area (Å²) < 4.78 is 63.2. The Labute approximate surface area is 113 Å². The fourth-order valence-electron chi connectivity index (χ4n) is 1.09. The summed E-state index contributed by atoms with van der Waals surface area (Å²) in [6, 6.07) is 0. The molecular weight excluding hydrogens is 301 g/mol. The van der Waals surface area contributed by atoms with Crippen molar-refractivity contribution in [3.8, 4) is 0 Å². The van der Waals surface area contributed by atoms with E-state index >= 15 is 0 Å². The molecule has 0 heterocycles. The number of hydrogen-bond acceptors (Lipinski definition) is 3. The van der Waals surface area contributed by atoms with Crippen LogP contribution in [0.4, 0.5) is 13.2 Å². The lowest BCUT2D eigenvalue weighted by Crippen LogP contribution is -2.26. The van der Waals surface area contributed by atoms with E-state index in [1.807, 2.05) is 0 Å². The van der Waals surface area contributed by atoms with Crippen LogP contribution in [0.1, 0.15) is 6.92 Å². The first-order chi connectivity index (χ1) is 8.36. The lowest BCUT2D eigenvalue weighted by Gasteiger charge is -2.30. The van der Waals surface area contributed by atoms with Gasteiger partial charge in [0.25, 0.3) is 0 Å². The lowest BCUT2D eigenvalue weighted by molar-refractivity contribution is -0.0520. The Hall–Kier alpha value is -0.890. The summed E-state index contributed by atoms with van der Waals surface area (Å²) in [5.41, 5.74) is -5.45. The summed E-state index contributed by atoms with van der Waals surface area (Å²) in [6.45, 7) is 4.86. The fraction of sp³-hybridized carbons (Fsp3) is 0.455. The molecule has 0 bridgehead atoms. The van der Waals surface area contributed by atoms with Crippen LogP contribution < -0.4 is 0 Å². The Bertz CT molecular complexity index is 494. The normalized spacial score (nSPS) is 16.2. The van der Waals surface area contributed by atoms with Crippen LogP contribution in [-0.4, -0.2) is 32.7 Å². The van der Waals surface area contributed by atoms with Gasteiger partial charge in [0.1, 0.15) is 0 Å². The second-order valence-electron chi connectivity index (χ2n) is 4.24. The molecule has 0 saturated carbocycles. The summed E-state index contributed by atoms with van der Waals surface area (Å²) in [4.78, 5) is 0.387. The Kier molecular flexibility index (Phi) is 5.76. The molecule has 0 radical (unpaired) electrons. The molecule has 0 amide bonds. The van der Waals surface area contributed by atoms with Crippen molar-refractivity contribution in [1.82, 2.24) is 0 Å². The van der Waals surface area contributed by atoms with Crippen molar-refractivity contribution in [2.75, 3.05) is 18.8 Å². The van der Waals surface area contributed by atoms with Crippen molar-refractivity contribution in [2.24, 2.45) is 0 Å². The molecule has 0 aliphatic heterocycles.